The van der Waals surface area contributed by atoms with Crippen molar-refractivity contribution in [2.75, 3.05) is 0 Å². The Labute approximate surface area is 96.0 Å². The molecule has 1 aliphatic carbocycles. The summed E-state index contributed by atoms with van der Waals surface area (Å²) >= 11 is 0. The minimum Gasteiger partial charge on any atom is -0.308 e. The lowest BCUT2D eigenvalue weighted by Crippen LogP contribution is -2.32. The number of aliphatic imine (C=N–C) groups is 1. The monoisotopic (exact) mass is 218 g/mol. The predicted octanol–water partition coefficient (Wildman–Crippen LogP) is 1.62. The van der Waals surface area contributed by atoms with Crippen LogP contribution in [-0.2, 0) is 0 Å². The van der Waals surface area contributed by atoms with Gasteiger partial charge in [-0.15, -0.1) is 0 Å². The molecule has 1 heterocycles. The van der Waals surface area contributed by atoms with Crippen molar-refractivity contribution in [2.24, 2.45) is 10.8 Å². The molecule has 16 heavy (non-hydrogen) atoms. The lowest BCUT2D eigenvalue weighted by atomic mass is 9.96. The van der Waals surface area contributed by atoms with Gasteiger partial charge in [0, 0.05) is 18.0 Å². The molecule has 1 saturated carbocycles. The van der Waals surface area contributed by atoms with Gasteiger partial charge in [-0.05, 0) is 25.0 Å². The van der Waals surface area contributed by atoms with Crippen LogP contribution in [-0.4, -0.2) is 16.9 Å². The maximum atomic E-state index is 5.51. The summed E-state index contributed by atoms with van der Waals surface area (Å²) in [6.45, 7) is 0. The second-order valence-electron chi connectivity index (χ2n) is 4.16. The summed E-state index contributed by atoms with van der Waals surface area (Å²) < 4.78 is 0. The molecule has 1 aromatic heterocycles. The molecular formula is C12H18N4. The third kappa shape index (κ3) is 2.79. The van der Waals surface area contributed by atoms with Crippen molar-refractivity contribution >= 4 is 5.84 Å². The number of nitrogens with zero attached hydrogens (tertiary/aromatic N) is 2. The Bertz CT molecular complexity index is 341. The minimum atomic E-state index is 0.417. The molecule has 1 fully saturated rings. The molecule has 0 aliphatic heterocycles. The Balaban J connectivity index is 2.12. The lowest BCUT2D eigenvalue weighted by Gasteiger charge is -2.19. The van der Waals surface area contributed by atoms with Crippen LogP contribution in [0.1, 0.15) is 37.7 Å². The van der Waals surface area contributed by atoms with E-state index in [1.807, 2.05) is 12.1 Å². The summed E-state index contributed by atoms with van der Waals surface area (Å²) in [6.07, 6.45) is 9.76. The average Bonchev–Trinajstić information content (AvgIpc) is 2.38. The van der Waals surface area contributed by atoms with Gasteiger partial charge in [0.15, 0.2) is 0 Å². The van der Waals surface area contributed by atoms with E-state index in [1.165, 1.54) is 32.1 Å². The van der Waals surface area contributed by atoms with E-state index in [9.17, 15) is 0 Å². The van der Waals surface area contributed by atoms with Crippen LogP contribution in [0.4, 0.5) is 0 Å². The minimum absolute atomic E-state index is 0.417. The van der Waals surface area contributed by atoms with Crippen LogP contribution in [0.3, 0.4) is 0 Å². The molecule has 0 aromatic carbocycles. The van der Waals surface area contributed by atoms with Gasteiger partial charge in [0.05, 0.1) is 6.04 Å². The molecule has 3 N–H and O–H groups in total. The molecule has 4 heteroatoms. The summed E-state index contributed by atoms with van der Waals surface area (Å²) in [5.41, 5.74) is 3.63. The topological polar surface area (TPSA) is 63.3 Å². The number of hydrogen-bond donors (Lipinski definition) is 2. The van der Waals surface area contributed by atoms with Gasteiger partial charge in [-0.25, -0.2) is 5.84 Å². The zero-order valence-corrected chi connectivity index (χ0v) is 9.39. The third-order valence-electron chi connectivity index (χ3n) is 2.96. The van der Waals surface area contributed by atoms with Crippen molar-refractivity contribution in [3.8, 4) is 0 Å². The Morgan fingerprint density at radius 1 is 1.38 bits per heavy atom. The summed E-state index contributed by atoms with van der Waals surface area (Å²) in [7, 11) is 0. The quantitative estimate of drug-likeness (QED) is 0.343. The number of amidine groups is 1. The van der Waals surface area contributed by atoms with E-state index in [0.29, 0.717) is 6.04 Å². The number of nitrogens with one attached hydrogen (secondary N) is 1. The predicted molar refractivity (Wildman–Crippen MR) is 65.0 cm³/mol. The molecule has 1 aromatic rings. The maximum Gasteiger partial charge on any atom is 0.144 e. The van der Waals surface area contributed by atoms with Crippen molar-refractivity contribution in [3.05, 3.63) is 30.1 Å². The van der Waals surface area contributed by atoms with Crippen LogP contribution in [0.25, 0.3) is 0 Å². The molecule has 0 radical (unpaired) electrons. The van der Waals surface area contributed by atoms with Crippen LogP contribution in [0, 0.1) is 0 Å². The van der Waals surface area contributed by atoms with Crippen LogP contribution >= 0.6 is 0 Å². The number of hydrazine groups is 1. The fourth-order valence-corrected chi connectivity index (χ4v) is 2.09. The van der Waals surface area contributed by atoms with E-state index in [0.717, 1.165) is 11.4 Å². The highest BCUT2D eigenvalue weighted by Gasteiger charge is 2.13. The van der Waals surface area contributed by atoms with Crippen LogP contribution in [0.15, 0.2) is 29.5 Å². The van der Waals surface area contributed by atoms with Crippen LogP contribution in [0.2, 0.25) is 0 Å². The molecule has 0 unspecified atom stereocenters. The highest BCUT2D eigenvalue weighted by molar-refractivity contribution is 5.98. The number of aromatic nitrogens is 1. The first kappa shape index (κ1) is 11.1. The summed E-state index contributed by atoms with van der Waals surface area (Å²) in [5, 5.41) is 0. The van der Waals surface area contributed by atoms with Crippen molar-refractivity contribution in [1.82, 2.24) is 10.4 Å². The zero-order chi connectivity index (χ0) is 11.2. The van der Waals surface area contributed by atoms with E-state index >= 15 is 0 Å². The number of hydrogen-bond acceptors (Lipinski definition) is 3. The number of rotatable bonds is 2. The molecule has 1 aliphatic rings. The van der Waals surface area contributed by atoms with E-state index in [-0.39, 0.29) is 0 Å². The summed E-state index contributed by atoms with van der Waals surface area (Å²) in [5.74, 6) is 6.26. The van der Waals surface area contributed by atoms with Gasteiger partial charge in [-0.3, -0.25) is 9.98 Å². The number of pyridine rings is 1. The van der Waals surface area contributed by atoms with E-state index in [4.69, 9.17) is 5.84 Å². The first-order valence-electron chi connectivity index (χ1n) is 5.85. The van der Waals surface area contributed by atoms with Gasteiger partial charge in [-0.1, -0.05) is 19.3 Å². The largest absolute Gasteiger partial charge is 0.308 e. The highest BCUT2D eigenvalue weighted by atomic mass is 15.3. The van der Waals surface area contributed by atoms with Gasteiger partial charge in [0.1, 0.15) is 5.84 Å². The molecule has 0 amide bonds. The molecule has 0 spiro atoms. The summed E-state index contributed by atoms with van der Waals surface area (Å²) in [4.78, 5) is 8.74. The highest BCUT2D eigenvalue weighted by Crippen LogP contribution is 2.20. The molecule has 4 nitrogen and oxygen atoms in total. The standard InChI is InChI=1S/C12H18N4/c13-16-12(10-5-4-8-14-9-10)15-11-6-2-1-3-7-11/h4-5,8-9,11H,1-3,6-7,13H2,(H,15,16). The van der Waals surface area contributed by atoms with E-state index in [2.05, 4.69) is 15.4 Å². The van der Waals surface area contributed by atoms with E-state index < -0.39 is 0 Å². The smallest absolute Gasteiger partial charge is 0.144 e. The Kier molecular flexibility index (Phi) is 3.88. The van der Waals surface area contributed by atoms with Crippen molar-refractivity contribution in [1.29, 1.82) is 0 Å². The molecule has 0 atom stereocenters. The molecule has 2 rings (SSSR count). The van der Waals surface area contributed by atoms with E-state index in [1.54, 1.807) is 12.4 Å². The van der Waals surface area contributed by atoms with Gasteiger partial charge in [-0.2, -0.15) is 0 Å². The molecule has 0 bridgehead atoms. The Morgan fingerprint density at radius 3 is 2.81 bits per heavy atom. The van der Waals surface area contributed by atoms with Crippen LogP contribution < -0.4 is 11.3 Å². The first-order valence-corrected chi connectivity index (χ1v) is 5.85. The fourth-order valence-electron chi connectivity index (χ4n) is 2.09. The maximum absolute atomic E-state index is 5.51. The zero-order valence-electron chi connectivity index (χ0n) is 9.39. The average molecular weight is 218 g/mol. The molecule has 86 valence electrons. The SMILES string of the molecule is NNC(=NC1CCCCC1)c1cccnc1. The molecular weight excluding hydrogens is 200 g/mol. The first-order chi connectivity index (χ1) is 7.90. The normalized spacial score (nSPS) is 18.4. The van der Waals surface area contributed by atoms with Gasteiger partial charge < -0.3 is 5.43 Å². The lowest BCUT2D eigenvalue weighted by molar-refractivity contribution is 0.442. The van der Waals surface area contributed by atoms with Gasteiger partial charge in [0.2, 0.25) is 0 Å². The second-order valence-corrected chi connectivity index (χ2v) is 4.16. The Morgan fingerprint density at radius 2 is 2.19 bits per heavy atom. The molecule has 0 saturated heterocycles. The van der Waals surface area contributed by atoms with Gasteiger partial charge in [0.25, 0.3) is 0 Å². The second kappa shape index (κ2) is 5.61. The fraction of sp³-hybridized carbons (Fsp3) is 0.500. The van der Waals surface area contributed by atoms with Crippen molar-refractivity contribution in [3.63, 3.8) is 0 Å². The number of nitrogens with two attached hydrogens (primary N) is 1. The van der Waals surface area contributed by atoms with Crippen LogP contribution in [0.5, 0.6) is 0 Å². The third-order valence-corrected chi connectivity index (χ3v) is 2.96. The van der Waals surface area contributed by atoms with Crippen molar-refractivity contribution < 1.29 is 0 Å². The summed E-state index contributed by atoms with van der Waals surface area (Å²) in [6, 6.07) is 4.28. The van der Waals surface area contributed by atoms with Crippen molar-refractivity contribution in [2.45, 2.75) is 38.1 Å². The Hall–Kier alpha value is -1.42. The van der Waals surface area contributed by atoms with Gasteiger partial charge >= 0.3 is 0 Å².